The van der Waals surface area contributed by atoms with Gasteiger partial charge in [0, 0.05) is 6.04 Å². The van der Waals surface area contributed by atoms with Crippen LogP contribution >= 0.6 is 12.2 Å². The van der Waals surface area contributed by atoms with Crippen molar-refractivity contribution in [2.45, 2.75) is 65.3 Å². The van der Waals surface area contributed by atoms with Crippen LogP contribution in [-0.2, 0) is 4.79 Å². The topological polar surface area (TPSA) is 55.1 Å². The van der Waals surface area contributed by atoms with E-state index >= 15 is 0 Å². The van der Waals surface area contributed by atoms with Crippen molar-refractivity contribution in [2.24, 2.45) is 17.1 Å². The van der Waals surface area contributed by atoms with Gasteiger partial charge in [0.05, 0.1) is 10.9 Å². The Morgan fingerprint density at radius 3 is 2.67 bits per heavy atom. The molecule has 1 aliphatic carbocycles. The fourth-order valence-electron chi connectivity index (χ4n) is 2.73. The summed E-state index contributed by atoms with van der Waals surface area (Å²) in [5.41, 5.74) is 5.85. The van der Waals surface area contributed by atoms with Crippen molar-refractivity contribution in [3.05, 3.63) is 0 Å². The summed E-state index contributed by atoms with van der Waals surface area (Å²) in [6, 6.07) is 0.257. The van der Waals surface area contributed by atoms with Gasteiger partial charge in [0.25, 0.3) is 0 Å². The Hall–Kier alpha value is -0.640. The first-order valence-corrected chi connectivity index (χ1v) is 7.39. The molecule has 1 aliphatic rings. The van der Waals surface area contributed by atoms with Crippen molar-refractivity contribution in [2.75, 3.05) is 0 Å². The molecule has 0 radical (unpaired) electrons. The highest BCUT2D eigenvalue weighted by atomic mass is 32.1. The minimum Gasteiger partial charge on any atom is -0.393 e. The summed E-state index contributed by atoms with van der Waals surface area (Å²) in [6.45, 7) is 6.50. The quantitative estimate of drug-likeness (QED) is 0.755. The number of nitrogens with two attached hydrogens (primary N) is 1. The zero-order chi connectivity index (χ0) is 13.8. The number of hydrogen-bond donors (Lipinski definition) is 2. The summed E-state index contributed by atoms with van der Waals surface area (Å²) in [5.74, 6) is -0.285. The second-order valence-corrected chi connectivity index (χ2v) is 6.51. The van der Waals surface area contributed by atoms with Gasteiger partial charge in [-0.05, 0) is 24.7 Å². The van der Waals surface area contributed by atoms with Gasteiger partial charge in [0.2, 0.25) is 5.91 Å². The van der Waals surface area contributed by atoms with Gasteiger partial charge >= 0.3 is 0 Å². The first-order valence-electron chi connectivity index (χ1n) is 6.98. The van der Waals surface area contributed by atoms with Gasteiger partial charge in [0.1, 0.15) is 0 Å². The number of amides is 1. The van der Waals surface area contributed by atoms with Gasteiger partial charge in [-0.1, -0.05) is 52.3 Å². The van der Waals surface area contributed by atoms with Gasteiger partial charge in [-0.15, -0.1) is 0 Å². The highest BCUT2D eigenvalue weighted by molar-refractivity contribution is 7.80. The van der Waals surface area contributed by atoms with Crippen molar-refractivity contribution < 1.29 is 4.79 Å². The number of nitrogens with one attached hydrogen (secondary N) is 1. The Balaban J connectivity index is 2.64. The highest BCUT2D eigenvalue weighted by Gasteiger charge is 2.34. The van der Waals surface area contributed by atoms with Crippen LogP contribution < -0.4 is 11.1 Å². The molecule has 104 valence electrons. The zero-order valence-corrected chi connectivity index (χ0v) is 12.6. The molecule has 0 aromatic carbocycles. The maximum Gasteiger partial charge on any atom is 0.230 e. The summed E-state index contributed by atoms with van der Waals surface area (Å²) < 4.78 is 0. The Morgan fingerprint density at radius 2 is 2.17 bits per heavy atom. The average molecular weight is 270 g/mol. The molecule has 0 spiro atoms. The summed E-state index contributed by atoms with van der Waals surface area (Å²) >= 11 is 5.00. The lowest BCUT2D eigenvalue weighted by Gasteiger charge is -2.39. The molecule has 2 atom stereocenters. The predicted octanol–water partition coefficient (Wildman–Crippen LogP) is 2.77. The summed E-state index contributed by atoms with van der Waals surface area (Å²) in [7, 11) is 0. The standard InChI is InChI=1S/C14H26N2OS/c1-4-7-10(12(15)18)13(17)16-11-8-5-6-9-14(11,2)3/h10-11H,4-9H2,1-3H3,(H2,15,18)(H,16,17). The first-order chi connectivity index (χ1) is 8.38. The van der Waals surface area contributed by atoms with E-state index in [1.54, 1.807) is 0 Å². The molecule has 0 aliphatic heterocycles. The molecule has 1 rings (SSSR count). The molecule has 0 bridgehead atoms. The third-order valence-electron chi connectivity index (χ3n) is 4.06. The molecule has 18 heavy (non-hydrogen) atoms. The van der Waals surface area contributed by atoms with Crippen molar-refractivity contribution in [1.29, 1.82) is 0 Å². The summed E-state index contributed by atoms with van der Waals surface area (Å²) in [5, 5.41) is 3.17. The van der Waals surface area contributed by atoms with Crippen LogP contribution in [0.5, 0.6) is 0 Å². The number of carbonyl (C=O) groups excluding carboxylic acids is 1. The molecule has 1 saturated carbocycles. The van der Waals surface area contributed by atoms with E-state index < -0.39 is 0 Å². The summed E-state index contributed by atoms with van der Waals surface area (Å²) in [6.07, 6.45) is 6.35. The van der Waals surface area contributed by atoms with Gasteiger partial charge in [-0.25, -0.2) is 0 Å². The van der Waals surface area contributed by atoms with E-state index in [4.69, 9.17) is 18.0 Å². The van der Waals surface area contributed by atoms with Crippen LogP contribution in [0.15, 0.2) is 0 Å². The molecular formula is C14H26N2OS. The van der Waals surface area contributed by atoms with E-state index in [1.807, 2.05) is 6.92 Å². The molecular weight excluding hydrogens is 244 g/mol. The SMILES string of the molecule is CCCC(C(=O)NC1CCCCC1(C)C)C(N)=S. The van der Waals surface area contributed by atoms with E-state index in [1.165, 1.54) is 19.3 Å². The molecule has 1 amide bonds. The second kappa shape index (κ2) is 6.50. The third kappa shape index (κ3) is 3.94. The van der Waals surface area contributed by atoms with Crippen LogP contribution in [-0.4, -0.2) is 16.9 Å². The van der Waals surface area contributed by atoms with Crippen LogP contribution in [0, 0.1) is 11.3 Å². The lowest BCUT2D eigenvalue weighted by atomic mass is 9.73. The van der Waals surface area contributed by atoms with Gasteiger partial charge < -0.3 is 11.1 Å². The monoisotopic (exact) mass is 270 g/mol. The average Bonchev–Trinajstić information content (AvgIpc) is 2.28. The molecule has 0 heterocycles. The zero-order valence-electron chi connectivity index (χ0n) is 11.8. The van der Waals surface area contributed by atoms with Crippen LogP contribution in [0.4, 0.5) is 0 Å². The van der Waals surface area contributed by atoms with Crippen LogP contribution in [0.25, 0.3) is 0 Å². The van der Waals surface area contributed by atoms with E-state index in [2.05, 4.69) is 19.2 Å². The molecule has 2 unspecified atom stereocenters. The number of thiocarbonyl (C=S) groups is 1. The molecule has 0 aromatic rings. The number of rotatable bonds is 5. The minimum atomic E-state index is -0.303. The summed E-state index contributed by atoms with van der Waals surface area (Å²) in [4.78, 5) is 12.6. The smallest absolute Gasteiger partial charge is 0.230 e. The Labute approximate surface area is 116 Å². The predicted molar refractivity (Wildman–Crippen MR) is 79.4 cm³/mol. The van der Waals surface area contributed by atoms with Crippen molar-refractivity contribution in [3.8, 4) is 0 Å². The van der Waals surface area contributed by atoms with Gasteiger partial charge in [-0.2, -0.15) is 0 Å². The largest absolute Gasteiger partial charge is 0.393 e. The first kappa shape index (κ1) is 15.4. The lowest BCUT2D eigenvalue weighted by molar-refractivity contribution is -0.125. The van der Waals surface area contributed by atoms with E-state index in [0.717, 1.165) is 19.3 Å². The molecule has 1 fully saturated rings. The normalized spacial score (nSPS) is 24.3. The van der Waals surface area contributed by atoms with Crippen molar-refractivity contribution in [1.82, 2.24) is 5.32 Å². The highest BCUT2D eigenvalue weighted by Crippen LogP contribution is 2.35. The number of carbonyl (C=O) groups is 1. The Kier molecular flexibility index (Phi) is 5.57. The maximum absolute atomic E-state index is 12.3. The van der Waals surface area contributed by atoms with Crippen LogP contribution in [0.3, 0.4) is 0 Å². The fourth-order valence-corrected chi connectivity index (χ4v) is 2.95. The second-order valence-electron chi connectivity index (χ2n) is 6.04. The fraction of sp³-hybridized carbons (Fsp3) is 0.857. The molecule has 3 nitrogen and oxygen atoms in total. The van der Waals surface area contributed by atoms with Crippen molar-refractivity contribution in [3.63, 3.8) is 0 Å². The maximum atomic E-state index is 12.3. The van der Waals surface area contributed by atoms with Gasteiger partial charge in [-0.3, -0.25) is 4.79 Å². The van der Waals surface area contributed by atoms with Crippen LogP contribution in [0.1, 0.15) is 59.3 Å². The Morgan fingerprint density at radius 1 is 1.50 bits per heavy atom. The Bertz CT molecular complexity index is 315. The number of hydrogen-bond acceptors (Lipinski definition) is 2. The molecule has 0 aromatic heterocycles. The molecule has 3 N–H and O–H groups in total. The molecule has 4 heteroatoms. The lowest BCUT2D eigenvalue weighted by Crippen LogP contribution is -2.50. The van der Waals surface area contributed by atoms with E-state index in [9.17, 15) is 4.79 Å². The van der Waals surface area contributed by atoms with E-state index in [0.29, 0.717) is 4.99 Å². The van der Waals surface area contributed by atoms with Crippen molar-refractivity contribution >= 4 is 23.1 Å². The minimum absolute atomic E-state index is 0.0179. The van der Waals surface area contributed by atoms with Gasteiger partial charge in [0.15, 0.2) is 0 Å². The third-order valence-corrected chi connectivity index (χ3v) is 4.35. The van der Waals surface area contributed by atoms with Crippen LogP contribution in [0.2, 0.25) is 0 Å². The van der Waals surface area contributed by atoms with E-state index in [-0.39, 0.29) is 23.3 Å². The molecule has 0 saturated heterocycles.